The second-order valence-corrected chi connectivity index (χ2v) is 21.5. The summed E-state index contributed by atoms with van der Waals surface area (Å²) in [6.45, 7) is 19.0. The maximum Gasteiger partial charge on any atom is 0.318 e. The molecule has 168 valence electrons. The maximum atomic E-state index is 5.80. The first-order valence-electron chi connectivity index (χ1n) is 10.0. The largest absolute Gasteiger partial charge is 0.478 e. The molecule has 6 nitrogen and oxygen atoms in total. The molecule has 0 atom stereocenters. The third-order valence-corrected chi connectivity index (χ3v) is 7.56. The van der Waals surface area contributed by atoms with Crippen molar-refractivity contribution in [3.63, 3.8) is 0 Å². The van der Waals surface area contributed by atoms with Crippen LogP contribution >= 0.6 is 23.2 Å². The highest BCUT2D eigenvalue weighted by molar-refractivity contribution is 6.76. The van der Waals surface area contributed by atoms with Gasteiger partial charge in [0.2, 0.25) is 11.2 Å². The molecular formula is C20H34Cl2N4O2Si2. The number of hydrogen-bond donors (Lipinski definition) is 0. The summed E-state index contributed by atoms with van der Waals surface area (Å²) in [6.07, 6.45) is 0. The SMILES string of the molecule is Cc1cc(Cl)nc(OCC[Si](C)(C)C)n1.Cc1cc(OCC[Si](C)(C)C)nc(Cl)n1. The third-order valence-electron chi connectivity index (χ3n) is 3.79. The van der Waals surface area contributed by atoms with Crippen molar-refractivity contribution in [3.05, 3.63) is 34.0 Å². The van der Waals surface area contributed by atoms with E-state index in [0.29, 0.717) is 30.3 Å². The molecule has 0 saturated heterocycles. The summed E-state index contributed by atoms with van der Waals surface area (Å²) in [7, 11) is -2.09. The van der Waals surface area contributed by atoms with E-state index >= 15 is 0 Å². The van der Waals surface area contributed by atoms with Gasteiger partial charge in [0, 0.05) is 33.6 Å². The van der Waals surface area contributed by atoms with Crippen LogP contribution in [0.3, 0.4) is 0 Å². The summed E-state index contributed by atoms with van der Waals surface area (Å²) < 4.78 is 11.0. The van der Waals surface area contributed by atoms with Crippen molar-refractivity contribution in [3.8, 4) is 11.9 Å². The highest BCUT2D eigenvalue weighted by Gasteiger charge is 2.14. The quantitative estimate of drug-likeness (QED) is 0.246. The molecule has 2 heterocycles. The number of nitrogens with zero attached hydrogens (tertiary/aromatic N) is 4. The molecule has 2 rings (SSSR count). The molecular weight excluding hydrogens is 455 g/mol. The van der Waals surface area contributed by atoms with Crippen LogP contribution in [-0.4, -0.2) is 49.3 Å². The van der Waals surface area contributed by atoms with Crippen LogP contribution in [0.15, 0.2) is 12.1 Å². The van der Waals surface area contributed by atoms with Crippen molar-refractivity contribution < 1.29 is 9.47 Å². The maximum absolute atomic E-state index is 5.80. The first-order valence-corrected chi connectivity index (χ1v) is 18.2. The van der Waals surface area contributed by atoms with E-state index in [0.717, 1.165) is 23.5 Å². The minimum atomic E-state index is -1.05. The monoisotopic (exact) mass is 488 g/mol. The van der Waals surface area contributed by atoms with Gasteiger partial charge in [0.25, 0.3) is 0 Å². The Morgan fingerprint density at radius 2 is 1.27 bits per heavy atom. The van der Waals surface area contributed by atoms with E-state index in [2.05, 4.69) is 59.2 Å². The van der Waals surface area contributed by atoms with Crippen molar-refractivity contribution in [1.82, 2.24) is 19.9 Å². The van der Waals surface area contributed by atoms with E-state index in [4.69, 9.17) is 32.7 Å². The van der Waals surface area contributed by atoms with E-state index in [1.165, 1.54) is 0 Å². The molecule has 0 aliphatic carbocycles. The number of ether oxygens (including phenoxy) is 2. The zero-order valence-electron chi connectivity index (χ0n) is 19.3. The van der Waals surface area contributed by atoms with Crippen molar-refractivity contribution in [2.45, 2.75) is 65.2 Å². The van der Waals surface area contributed by atoms with Crippen molar-refractivity contribution >= 4 is 39.3 Å². The lowest BCUT2D eigenvalue weighted by atomic mass is 10.4. The topological polar surface area (TPSA) is 70.0 Å². The van der Waals surface area contributed by atoms with E-state index in [-0.39, 0.29) is 5.28 Å². The Hall–Kier alpha value is -1.23. The molecule has 2 aromatic rings. The van der Waals surface area contributed by atoms with Gasteiger partial charge in [0.05, 0.1) is 13.2 Å². The van der Waals surface area contributed by atoms with Gasteiger partial charge in [-0.2, -0.15) is 9.97 Å². The molecule has 10 heteroatoms. The summed E-state index contributed by atoms with van der Waals surface area (Å²) in [5.41, 5.74) is 1.66. The summed E-state index contributed by atoms with van der Waals surface area (Å²) in [4.78, 5) is 16.1. The number of aryl methyl sites for hydroxylation is 2. The van der Waals surface area contributed by atoms with Crippen LogP contribution in [0.5, 0.6) is 11.9 Å². The van der Waals surface area contributed by atoms with Crippen LogP contribution < -0.4 is 9.47 Å². The molecule has 0 radical (unpaired) electrons. The van der Waals surface area contributed by atoms with Crippen LogP contribution in [0.4, 0.5) is 0 Å². The average molecular weight is 490 g/mol. The minimum absolute atomic E-state index is 0.248. The number of rotatable bonds is 8. The van der Waals surface area contributed by atoms with Gasteiger partial charge in [-0.15, -0.1) is 0 Å². The zero-order chi connectivity index (χ0) is 22.9. The van der Waals surface area contributed by atoms with Gasteiger partial charge in [-0.3, -0.25) is 0 Å². The lowest BCUT2D eigenvalue weighted by Gasteiger charge is -2.15. The molecule has 30 heavy (non-hydrogen) atoms. The second-order valence-electron chi connectivity index (χ2n) is 9.55. The van der Waals surface area contributed by atoms with Gasteiger partial charge in [0.1, 0.15) is 5.15 Å². The van der Waals surface area contributed by atoms with E-state index in [1.807, 2.05) is 13.8 Å². The lowest BCUT2D eigenvalue weighted by molar-refractivity contribution is 0.310. The summed E-state index contributed by atoms with van der Waals surface area (Å²) in [6, 6.07) is 6.12. The van der Waals surface area contributed by atoms with Gasteiger partial charge in [0.15, 0.2) is 0 Å². The Morgan fingerprint density at radius 3 is 1.77 bits per heavy atom. The normalized spacial score (nSPS) is 11.5. The Morgan fingerprint density at radius 1 is 0.733 bits per heavy atom. The van der Waals surface area contributed by atoms with E-state index in [9.17, 15) is 0 Å². The van der Waals surface area contributed by atoms with Gasteiger partial charge in [-0.1, -0.05) is 50.9 Å². The molecule has 0 unspecified atom stereocenters. The molecule has 0 aliphatic rings. The standard InChI is InChI=1S/2C10H17ClN2OSi/c1-8-7-9(13-10(11)12-8)14-5-6-15(2,3)4;1-8-7-9(11)13-10(12-8)14-5-6-15(2,3)4/h2*7H,5-6H2,1-4H3. The Labute approximate surface area is 192 Å². The molecule has 0 aromatic carbocycles. The predicted molar refractivity (Wildman–Crippen MR) is 131 cm³/mol. The fourth-order valence-electron chi connectivity index (χ4n) is 2.06. The lowest BCUT2D eigenvalue weighted by Crippen LogP contribution is -2.22. The van der Waals surface area contributed by atoms with Gasteiger partial charge in [-0.05, 0) is 43.6 Å². The molecule has 0 fully saturated rings. The molecule has 2 aromatic heterocycles. The minimum Gasteiger partial charge on any atom is -0.478 e. The fraction of sp³-hybridized carbons (Fsp3) is 0.600. The van der Waals surface area contributed by atoms with Gasteiger partial charge >= 0.3 is 6.01 Å². The highest BCUT2D eigenvalue weighted by Crippen LogP contribution is 2.15. The van der Waals surface area contributed by atoms with E-state index < -0.39 is 16.1 Å². The molecule has 0 bridgehead atoms. The summed E-state index contributed by atoms with van der Waals surface area (Å²) in [5.74, 6) is 0.575. The van der Waals surface area contributed by atoms with Crippen molar-refractivity contribution in [2.24, 2.45) is 0 Å². The predicted octanol–water partition coefficient (Wildman–Crippen LogP) is 6.31. The number of aromatic nitrogens is 4. The zero-order valence-corrected chi connectivity index (χ0v) is 22.9. The van der Waals surface area contributed by atoms with Crippen LogP contribution in [0.1, 0.15) is 11.4 Å². The van der Waals surface area contributed by atoms with Crippen molar-refractivity contribution in [1.29, 1.82) is 0 Å². The smallest absolute Gasteiger partial charge is 0.318 e. The average Bonchev–Trinajstić information content (AvgIpc) is 2.51. The molecule has 0 spiro atoms. The Kier molecular flexibility index (Phi) is 10.7. The summed E-state index contributed by atoms with van der Waals surface area (Å²) in [5, 5.41) is 0.684. The van der Waals surface area contributed by atoms with E-state index in [1.54, 1.807) is 12.1 Å². The number of hydrogen-bond acceptors (Lipinski definition) is 6. The second kappa shape index (κ2) is 12.0. The van der Waals surface area contributed by atoms with Gasteiger partial charge < -0.3 is 9.47 Å². The molecule has 0 aliphatic heterocycles. The Balaban J connectivity index is 0.000000300. The third kappa shape index (κ3) is 13.2. The summed E-state index contributed by atoms with van der Waals surface area (Å²) >= 11 is 11.5. The van der Waals surface area contributed by atoms with Crippen LogP contribution in [0.25, 0.3) is 0 Å². The molecule has 0 saturated carbocycles. The fourth-order valence-corrected chi connectivity index (χ4v) is 3.93. The first kappa shape index (κ1) is 26.8. The van der Waals surface area contributed by atoms with Crippen LogP contribution in [-0.2, 0) is 0 Å². The molecule has 0 amide bonds. The van der Waals surface area contributed by atoms with Crippen LogP contribution in [0, 0.1) is 13.8 Å². The number of halogens is 2. The molecule has 0 N–H and O–H groups in total. The highest BCUT2D eigenvalue weighted by atomic mass is 35.5. The first-order chi connectivity index (χ1) is 13.7. The van der Waals surface area contributed by atoms with Crippen LogP contribution in [0.2, 0.25) is 61.8 Å². The Bertz CT molecular complexity index is 704. The van der Waals surface area contributed by atoms with Crippen molar-refractivity contribution in [2.75, 3.05) is 13.2 Å². The van der Waals surface area contributed by atoms with Gasteiger partial charge in [-0.25, -0.2) is 9.97 Å².